The standard InChI is InChI=1S/C27H47NO/c1-18(2)9-8-10-19(3)21-12-13-22-20-17-25(28-29)24-11-6-7-15-26(24,4)23(20)14-16-27(21,22)5/h18-24,29H,6-17H2,1-5H3/b28-25-/t19-,20+,21-,22+,23+,24-,26-,27-/m1/s1. The van der Waals surface area contributed by atoms with Crippen molar-refractivity contribution in [2.75, 3.05) is 0 Å². The quantitative estimate of drug-likeness (QED) is 0.368. The predicted molar refractivity (Wildman–Crippen MR) is 122 cm³/mol. The molecule has 0 bridgehead atoms. The Kier molecular flexibility index (Phi) is 6.13. The van der Waals surface area contributed by atoms with Gasteiger partial charge in [0.1, 0.15) is 0 Å². The summed E-state index contributed by atoms with van der Waals surface area (Å²) in [5, 5.41) is 13.8. The second-order valence-corrected chi connectivity index (χ2v) is 12.5. The molecule has 4 fully saturated rings. The van der Waals surface area contributed by atoms with Gasteiger partial charge in [0.2, 0.25) is 0 Å². The second-order valence-electron chi connectivity index (χ2n) is 12.5. The van der Waals surface area contributed by atoms with Crippen molar-refractivity contribution in [1.29, 1.82) is 0 Å². The molecule has 0 saturated heterocycles. The zero-order chi connectivity index (χ0) is 20.8. The molecule has 0 aromatic carbocycles. The summed E-state index contributed by atoms with van der Waals surface area (Å²) in [7, 11) is 0. The summed E-state index contributed by atoms with van der Waals surface area (Å²) in [5.41, 5.74) is 2.09. The SMILES string of the molecule is CC(C)CCC[C@@H](C)[C@H]1CC[C@H]2[C@@H]3C/C(=N/O)[C@H]4CCCC[C@]4(C)[C@H]3CC[C@]12C. The number of nitrogens with zero attached hydrogens (tertiary/aromatic N) is 1. The molecule has 2 heteroatoms. The second kappa shape index (κ2) is 8.19. The molecule has 4 aliphatic rings. The van der Waals surface area contributed by atoms with Crippen molar-refractivity contribution < 1.29 is 5.21 Å². The molecule has 4 aliphatic carbocycles. The van der Waals surface area contributed by atoms with Crippen molar-refractivity contribution in [3.05, 3.63) is 0 Å². The lowest BCUT2D eigenvalue weighted by molar-refractivity contribution is -0.0806. The summed E-state index contributed by atoms with van der Waals surface area (Å²) in [6, 6.07) is 0. The van der Waals surface area contributed by atoms with Gasteiger partial charge in [-0.25, -0.2) is 0 Å². The van der Waals surface area contributed by atoms with E-state index in [1.807, 2.05) is 0 Å². The van der Waals surface area contributed by atoms with Crippen molar-refractivity contribution in [2.45, 2.75) is 112 Å². The fourth-order valence-electron chi connectivity index (χ4n) is 9.26. The molecule has 8 atom stereocenters. The largest absolute Gasteiger partial charge is 0.411 e. The number of rotatable bonds is 5. The van der Waals surface area contributed by atoms with Gasteiger partial charge in [0.05, 0.1) is 5.71 Å². The minimum Gasteiger partial charge on any atom is -0.411 e. The van der Waals surface area contributed by atoms with Gasteiger partial charge in [-0.2, -0.15) is 0 Å². The van der Waals surface area contributed by atoms with E-state index >= 15 is 0 Å². The lowest BCUT2D eigenvalue weighted by Crippen LogP contribution is -2.56. The Labute approximate surface area is 180 Å². The first-order valence-electron chi connectivity index (χ1n) is 13.0. The first-order chi connectivity index (χ1) is 13.8. The van der Waals surface area contributed by atoms with Crippen LogP contribution in [-0.2, 0) is 0 Å². The molecule has 2 nitrogen and oxygen atoms in total. The van der Waals surface area contributed by atoms with Crippen LogP contribution in [0.5, 0.6) is 0 Å². The minimum absolute atomic E-state index is 0.394. The highest BCUT2D eigenvalue weighted by molar-refractivity contribution is 5.88. The van der Waals surface area contributed by atoms with Gasteiger partial charge in [-0.05, 0) is 91.3 Å². The van der Waals surface area contributed by atoms with E-state index in [-0.39, 0.29) is 0 Å². The van der Waals surface area contributed by atoms with E-state index in [1.54, 1.807) is 0 Å². The third kappa shape index (κ3) is 3.59. The zero-order valence-electron chi connectivity index (χ0n) is 19.9. The van der Waals surface area contributed by atoms with Gasteiger partial charge >= 0.3 is 0 Å². The zero-order valence-corrected chi connectivity index (χ0v) is 19.9. The molecule has 0 amide bonds. The van der Waals surface area contributed by atoms with Crippen LogP contribution in [0, 0.1) is 52.3 Å². The molecule has 29 heavy (non-hydrogen) atoms. The topological polar surface area (TPSA) is 32.6 Å². The van der Waals surface area contributed by atoms with Crippen LogP contribution in [0.1, 0.15) is 112 Å². The Bertz CT molecular complexity index is 612. The van der Waals surface area contributed by atoms with Gasteiger partial charge in [-0.1, -0.05) is 71.9 Å². The molecule has 0 heterocycles. The summed E-state index contributed by atoms with van der Waals surface area (Å²) in [5.74, 6) is 5.67. The van der Waals surface area contributed by atoms with Crippen LogP contribution in [0.25, 0.3) is 0 Å². The van der Waals surface area contributed by atoms with E-state index in [4.69, 9.17) is 0 Å². The van der Waals surface area contributed by atoms with E-state index in [0.29, 0.717) is 16.7 Å². The van der Waals surface area contributed by atoms with Crippen LogP contribution in [0.4, 0.5) is 0 Å². The Hall–Kier alpha value is -0.530. The highest BCUT2D eigenvalue weighted by atomic mass is 16.4. The smallest absolute Gasteiger partial charge is 0.0610 e. The number of hydrogen-bond acceptors (Lipinski definition) is 2. The molecule has 166 valence electrons. The maximum Gasteiger partial charge on any atom is 0.0610 e. The predicted octanol–water partition coefficient (Wildman–Crippen LogP) is 7.94. The lowest BCUT2D eigenvalue weighted by atomic mass is 9.44. The molecule has 0 spiro atoms. The van der Waals surface area contributed by atoms with Crippen molar-refractivity contribution >= 4 is 5.71 Å². The first kappa shape index (κ1) is 21.7. The average Bonchev–Trinajstić information content (AvgIpc) is 3.04. The number of oxime groups is 1. The van der Waals surface area contributed by atoms with Gasteiger partial charge in [-0.15, -0.1) is 0 Å². The van der Waals surface area contributed by atoms with Gasteiger partial charge in [0, 0.05) is 5.92 Å². The molecule has 0 aliphatic heterocycles. The number of hydrogen-bond donors (Lipinski definition) is 1. The molecule has 0 unspecified atom stereocenters. The van der Waals surface area contributed by atoms with E-state index in [0.717, 1.165) is 41.9 Å². The van der Waals surface area contributed by atoms with Crippen molar-refractivity contribution in [3.8, 4) is 0 Å². The minimum atomic E-state index is 0.394. The van der Waals surface area contributed by atoms with E-state index in [1.165, 1.54) is 76.3 Å². The average molecular weight is 402 g/mol. The van der Waals surface area contributed by atoms with Crippen LogP contribution < -0.4 is 0 Å². The third-order valence-corrected chi connectivity index (χ3v) is 10.7. The Balaban J connectivity index is 1.53. The Morgan fingerprint density at radius 2 is 1.69 bits per heavy atom. The summed E-state index contributed by atoms with van der Waals surface area (Å²) >= 11 is 0. The Morgan fingerprint density at radius 1 is 0.931 bits per heavy atom. The molecular weight excluding hydrogens is 354 g/mol. The van der Waals surface area contributed by atoms with Crippen molar-refractivity contribution in [1.82, 2.24) is 0 Å². The van der Waals surface area contributed by atoms with E-state index in [2.05, 4.69) is 39.8 Å². The maximum atomic E-state index is 9.91. The first-order valence-corrected chi connectivity index (χ1v) is 13.0. The summed E-state index contributed by atoms with van der Waals surface area (Å²) < 4.78 is 0. The molecule has 0 radical (unpaired) electrons. The van der Waals surface area contributed by atoms with Crippen LogP contribution in [-0.4, -0.2) is 10.9 Å². The molecule has 1 N–H and O–H groups in total. The highest BCUT2D eigenvalue weighted by Crippen LogP contribution is 2.68. The van der Waals surface area contributed by atoms with E-state index in [9.17, 15) is 5.21 Å². The normalized spacial score (nSPS) is 47.0. The third-order valence-electron chi connectivity index (χ3n) is 10.7. The van der Waals surface area contributed by atoms with Crippen LogP contribution in [0.2, 0.25) is 0 Å². The van der Waals surface area contributed by atoms with Gasteiger partial charge in [0.25, 0.3) is 0 Å². The van der Waals surface area contributed by atoms with Gasteiger partial charge < -0.3 is 5.21 Å². The van der Waals surface area contributed by atoms with Gasteiger partial charge in [-0.3, -0.25) is 0 Å². The Morgan fingerprint density at radius 3 is 2.41 bits per heavy atom. The summed E-state index contributed by atoms with van der Waals surface area (Å²) in [4.78, 5) is 0. The van der Waals surface area contributed by atoms with Crippen molar-refractivity contribution in [2.24, 2.45) is 57.4 Å². The highest BCUT2D eigenvalue weighted by Gasteiger charge is 2.61. The molecule has 0 aromatic heterocycles. The molecule has 0 aromatic rings. The summed E-state index contributed by atoms with van der Waals surface area (Å²) in [6.07, 6.45) is 16.4. The fourth-order valence-corrected chi connectivity index (χ4v) is 9.26. The van der Waals surface area contributed by atoms with E-state index < -0.39 is 0 Å². The molecular formula is C27H47NO. The monoisotopic (exact) mass is 401 g/mol. The number of fused-ring (bicyclic) bond motifs is 5. The van der Waals surface area contributed by atoms with Crippen LogP contribution in [0.15, 0.2) is 5.16 Å². The van der Waals surface area contributed by atoms with Crippen LogP contribution >= 0.6 is 0 Å². The van der Waals surface area contributed by atoms with Gasteiger partial charge in [0.15, 0.2) is 0 Å². The molecule has 4 rings (SSSR count). The fraction of sp³-hybridized carbons (Fsp3) is 0.963. The summed E-state index contributed by atoms with van der Waals surface area (Å²) in [6.45, 7) is 12.5. The van der Waals surface area contributed by atoms with Crippen LogP contribution in [0.3, 0.4) is 0 Å². The molecule has 4 saturated carbocycles. The lowest BCUT2D eigenvalue weighted by Gasteiger charge is -2.60. The maximum absolute atomic E-state index is 9.91. The van der Waals surface area contributed by atoms with Crippen molar-refractivity contribution in [3.63, 3.8) is 0 Å².